The average molecular weight is 168 g/mol. The van der Waals surface area contributed by atoms with E-state index in [1.807, 2.05) is 19.1 Å². The molecule has 0 aromatic carbocycles. The van der Waals surface area contributed by atoms with Gasteiger partial charge in [-0.05, 0) is 24.7 Å². The Labute approximate surface area is 73.3 Å². The van der Waals surface area contributed by atoms with E-state index in [1.165, 1.54) is 0 Å². The summed E-state index contributed by atoms with van der Waals surface area (Å²) in [6, 6.07) is 0. The molecule has 0 aromatic heterocycles. The highest BCUT2D eigenvalue weighted by atomic mass is 16.4. The number of carbonyl (C=O) groups is 1. The molecule has 2 nitrogen and oxygen atoms in total. The van der Waals surface area contributed by atoms with E-state index < -0.39 is 5.97 Å². The first-order chi connectivity index (χ1) is 5.57. The summed E-state index contributed by atoms with van der Waals surface area (Å²) < 4.78 is 0. The molecule has 68 valence electrons. The number of aliphatic carboxylic acids is 1. The molecular formula is C10H16O2. The lowest BCUT2D eigenvalue weighted by atomic mass is 10.0. The van der Waals surface area contributed by atoms with Gasteiger partial charge in [0.05, 0.1) is 5.92 Å². The predicted molar refractivity (Wildman–Crippen MR) is 47.8 cm³/mol. The van der Waals surface area contributed by atoms with Crippen LogP contribution in [-0.4, -0.2) is 11.1 Å². The number of hydrogen-bond donors (Lipinski definition) is 1. The maximum absolute atomic E-state index is 10.8. The van der Waals surface area contributed by atoms with Gasteiger partial charge < -0.3 is 5.11 Å². The molecule has 0 amide bonds. The number of rotatable bonds is 3. The van der Waals surface area contributed by atoms with E-state index in [0.29, 0.717) is 0 Å². The highest BCUT2D eigenvalue weighted by Gasteiger charge is 2.62. The lowest BCUT2D eigenvalue weighted by Gasteiger charge is -2.03. The highest BCUT2D eigenvalue weighted by Crippen LogP contribution is 2.61. The molecule has 0 heterocycles. The van der Waals surface area contributed by atoms with Crippen molar-refractivity contribution in [2.24, 2.45) is 17.3 Å². The Morgan fingerprint density at radius 1 is 1.67 bits per heavy atom. The van der Waals surface area contributed by atoms with Crippen LogP contribution in [0.4, 0.5) is 0 Å². The van der Waals surface area contributed by atoms with Gasteiger partial charge in [-0.1, -0.05) is 26.0 Å². The fourth-order valence-corrected chi connectivity index (χ4v) is 2.03. The summed E-state index contributed by atoms with van der Waals surface area (Å²) in [5.41, 5.74) is 0.0122. The Bertz CT molecular complexity index is 220. The minimum Gasteiger partial charge on any atom is -0.481 e. The Balaban J connectivity index is 2.73. The van der Waals surface area contributed by atoms with Gasteiger partial charge in [0.2, 0.25) is 0 Å². The van der Waals surface area contributed by atoms with E-state index in [-0.39, 0.29) is 17.3 Å². The maximum atomic E-state index is 10.8. The molecule has 0 saturated heterocycles. The fourth-order valence-electron chi connectivity index (χ4n) is 2.03. The van der Waals surface area contributed by atoms with E-state index in [1.54, 1.807) is 0 Å². The van der Waals surface area contributed by atoms with Crippen LogP contribution in [0, 0.1) is 17.3 Å². The summed E-state index contributed by atoms with van der Waals surface area (Å²) in [4.78, 5) is 10.8. The zero-order valence-electron chi connectivity index (χ0n) is 7.87. The first-order valence-corrected chi connectivity index (χ1v) is 4.43. The third kappa shape index (κ3) is 1.15. The van der Waals surface area contributed by atoms with Crippen molar-refractivity contribution in [3.05, 3.63) is 12.2 Å². The van der Waals surface area contributed by atoms with Crippen molar-refractivity contribution in [3.8, 4) is 0 Å². The Morgan fingerprint density at radius 3 is 2.50 bits per heavy atom. The van der Waals surface area contributed by atoms with Gasteiger partial charge in [0, 0.05) is 0 Å². The fraction of sp³-hybridized carbons (Fsp3) is 0.700. The smallest absolute Gasteiger partial charge is 0.307 e. The van der Waals surface area contributed by atoms with Gasteiger partial charge >= 0.3 is 5.97 Å². The predicted octanol–water partition coefficient (Wildman–Crippen LogP) is 2.31. The molecule has 0 aliphatic heterocycles. The van der Waals surface area contributed by atoms with Crippen LogP contribution in [0.25, 0.3) is 0 Å². The summed E-state index contributed by atoms with van der Waals surface area (Å²) in [6.07, 6.45) is 4.91. The van der Waals surface area contributed by atoms with Crippen LogP contribution in [0.5, 0.6) is 0 Å². The molecule has 2 heteroatoms. The van der Waals surface area contributed by atoms with Gasteiger partial charge in [-0.2, -0.15) is 0 Å². The molecule has 0 bridgehead atoms. The van der Waals surface area contributed by atoms with Crippen LogP contribution >= 0.6 is 0 Å². The standard InChI is InChI=1S/C10H16O2/c1-4-6-7-8(9(11)12)10(7,3)5-2/h4,6-8H,5H2,1-3H3,(H,11,12)/b6-4+. The SMILES string of the molecule is C/C=C/C1C(C(=O)O)C1(C)CC. The van der Waals surface area contributed by atoms with E-state index in [0.717, 1.165) is 6.42 Å². The van der Waals surface area contributed by atoms with Gasteiger partial charge in [-0.25, -0.2) is 0 Å². The summed E-state index contributed by atoms with van der Waals surface area (Å²) in [5, 5.41) is 8.88. The number of carboxylic acid groups (broad SMARTS) is 1. The Morgan fingerprint density at radius 2 is 2.25 bits per heavy atom. The molecule has 12 heavy (non-hydrogen) atoms. The van der Waals surface area contributed by atoms with Crippen LogP contribution in [0.1, 0.15) is 27.2 Å². The molecule has 1 aliphatic rings. The van der Waals surface area contributed by atoms with Crippen LogP contribution in [0.15, 0.2) is 12.2 Å². The second-order valence-corrected chi connectivity index (χ2v) is 3.73. The molecule has 3 unspecified atom stereocenters. The first-order valence-electron chi connectivity index (χ1n) is 4.43. The number of hydrogen-bond acceptors (Lipinski definition) is 1. The van der Waals surface area contributed by atoms with Gasteiger partial charge in [-0.3, -0.25) is 4.79 Å². The van der Waals surface area contributed by atoms with E-state index in [2.05, 4.69) is 13.8 Å². The quantitative estimate of drug-likeness (QED) is 0.656. The highest BCUT2D eigenvalue weighted by molar-refractivity contribution is 5.76. The van der Waals surface area contributed by atoms with Gasteiger partial charge in [0.1, 0.15) is 0 Å². The maximum Gasteiger partial charge on any atom is 0.307 e. The molecule has 1 fully saturated rings. The first kappa shape index (κ1) is 9.30. The van der Waals surface area contributed by atoms with E-state index >= 15 is 0 Å². The number of carboxylic acids is 1. The molecule has 3 atom stereocenters. The molecule has 0 aromatic rings. The Hall–Kier alpha value is -0.790. The second-order valence-electron chi connectivity index (χ2n) is 3.73. The van der Waals surface area contributed by atoms with Gasteiger partial charge in [0.15, 0.2) is 0 Å². The van der Waals surface area contributed by atoms with Crippen molar-refractivity contribution >= 4 is 5.97 Å². The lowest BCUT2D eigenvalue weighted by molar-refractivity contribution is -0.139. The number of allylic oxidation sites excluding steroid dienone is 2. The molecule has 1 rings (SSSR count). The summed E-state index contributed by atoms with van der Waals surface area (Å²) in [5.74, 6) is -0.550. The van der Waals surface area contributed by atoms with Crippen molar-refractivity contribution in [2.75, 3.05) is 0 Å². The monoisotopic (exact) mass is 168 g/mol. The molecule has 0 spiro atoms. The third-order valence-corrected chi connectivity index (χ3v) is 3.15. The van der Waals surface area contributed by atoms with Crippen molar-refractivity contribution in [3.63, 3.8) is 0 Å². The zero-order chi connectivity index (χ0) is 9.35. The topological polar surface area (TPSA) is 37.3 Å². The van der Waals surface area contributed by atoms with Gasteiger partial charge in [-0.15, -0.1) is 0 Å². The average Bonchev–Trinajstić information content (AvgIpc) is 2.59. The van der Waals surface area contributed by atoms with Crippen LogP contribution in [-0.2, 0) is 4.79 Å². The summed E-state index contributed by atoms with van der Waals surface area (Å²) in [7, 11) is 0. The van der Waals surface area contributed by atoms with Crippen LogP contribution < -0.4 is 0 Å². The minimum absolute atomic E-state index is 0.0122. The molecule has 1 aliphatic carbocycles. The van der Waals surface area contributed by atoms with Crippen molar-refractivity contribution < 1.29 is 9.90 Å². The van der Waals surface area contributed by atoms with Gasteiger partial charge in [0.25, 0.3) is 0 Å². The third-order valence-electron chi connectivity index (χ3n) is 3.15. The summed E-state index contributed by atoms with van der Waals surface area (Å²) >= 11 is 0. The summed E-state index contributed by atoms with van der Waals surface area (Å²) in [6.45, 7) is 6.04. The second kappa shape index (κ2) is 2.92. The molecule has 1 N–H and O–H groups in total. The van der Waals surface area contributed by atoms with Crippen LogP contribution in [0.3, 0.4) is 0 Å². The molecule has 1 saturated carbocycles. The van der Waals surface area contributed by atoms with Crippen molar-refractivity contribution in [2.45, 2.75) is 27.2 Å². The molecule has 0 radical (unpaired) electrons. The van der Waals surface area contributed by atoms with Crippen LogP contribution in [0.2, 0.25) is 0 Å². The van der Waals surface area contributed by atoms with E-state index in [4.69, 9.17) is 5.11 Å². The van der Waals surface area contributed by atoms with E-state index in [9.17, 15) is 4.79 Å². The normalized spacial score (nSPS) is 40.2. The van der Waals surface area contributed by atoms with Crippen molar-refractivity contribution in [1.29, 1.82) is 0 Å². The largest absolute Gasteiger partial charge is 0.481 e. The zero-order valence-corrected chi connectivity index (χ0v) is 7.87. The molecular weight excluding hydrogens is 152 g/mol. The van der Waals surface area contributed by atoms with Crippen molar-refractivity contribution in [1.82, 2.24) is 0 Å². The Kier molecular flexibility index (Phi) is 2.27. The minimum atomic E-state index is -0.651. The lowest BCUT2D eigenvalue weighted by Crippen LogP contribution is -2.05.